The molecule has 7 rings (SSSR count). The Morgan fingerprint density at radius 2 is 1.91 bits per heavy atom. The minimum atomic E-state index is -0.647. The first-order valence-corrected chi connectivity index (χ1v) is 14.8. The van der Waals surface area contributed by atoms with Crippen molar-refractivity contribution in [2.75, 3.05) is 19.7 Å². The van der Waals surface area contributed by atoms with Crippen LogP contribution < -0.4 is 10.5 Å². The van der Waals surface area contributed by atoms with Crippen LogP contribution in [0.4, 0.5) is 8.78 Å². The van der Waals surface area contributed by atoms with Crippen LogP contribution in [-0.2, 0) is 24.4 Å². The average Bonchev–Trinajstić information content (AvgIpc) is 3.58. The van der Waals surface area contributed by atoms with Gasteiger partial charge in [0.15, 0.2) is 5.82 Å². The fourth-order valence-electron chi connectivity index (χ4n) is 5.64. The number of benzene rings is 1. The van der Waals surface area contributed by atoms with Gasteiger partial charge in [-0.2, -0.15) is 0 Å². The summed E-state index contributed by atoms with van der Waals surface area (Å²) >= 11 is 5.82. The van der Waals surface area contributed by atoms with Crippen molar-refractivity contribution in [1.82, 2.24) is 34.6 Å². The Kier molecular flexibility index (Phi) is 7.83. The molecule has 14 heteroatoms. The second-order valence-corrected chi connectivity index (χ2v) is 11.5. The van der Waals surface area contributed by atoms with Crippen LogP contribution in [0.25, 0.3) is 22.6 Å². The molecule has 228 valence electrons. The summed E-state index contributed by atoms with van der Waals surface area (Å²) < 4.78 is 46.7. The van der Waals surface area contributed by atoms with Crippen molar-refractivity contribution >= 4 is 22.6 Å². The number of aromatic amines is 1. The van der Waals surface area contributed by atoms with Crippen LogP contribution in [-0.4, -0.2) is 60.4 Å². The number of halogens is 3. The van der Waals surface area contributed by atoms with Crippen LogP contribution in [0.1, 0.15) is 42.3 Å². The molecule has 2 fully saturated rings. The first-order chi connectivity index (χ1) is 21.4. The highest BCUT2D eigenvalue weighted by molar-refractivity contribution is 6.30. The van der Waals surface area contributed by atoms with Gasteiger partial charge in [-0.25, -0.2) is 23.5 Å². The summed E-state index contributed by atoms with van der Waals surface area (Å²) in [5.74, 6) is -0.634. The van der Waals surface area contributed by atoms with Crippen molar-refractivity contribution in [3.63, 3.8) is 0 Å². The van der Waals surface area contributed by atoms with Crippen LogP contribution in [0.5, 0.6) is 5.88 Å². The number of H-pyrrole nitrogens is 1. The monoisotopic (exact) mass is 623 g/mol. The quantitative estimate of drug-likeness (QED) is 0.245. The lowest BCUT2D eigenvalue weighted by Gasteiger charge is -2.32. The lowest BCUT2D eigenvalue weighted by atomic mass is 9.93. The van der Waals surface area contributed by atoms with Crippen molar-refractivity contribution in [3.8, 4) is 17.4 Å². The van der Waals surface area contributed by atoms with Crippen LogP contribution in [0, 0.1) is 11.6 Å². The minimum Gasteiger partial charge on any atom is -0.471 e. The molecule has 0 saturated carbocycles. The molecule has 5 aromatic rings. The van der Waals surface area contributed by atoms with Gasteiger partial charge in [-0.1, -0.05) is 22.8 Å². The third-order valence-corrected chi connectivity index (χ3v) is 8.40. The lowest BCUT2D eigenvalue weighted by molar-refractivity contribution is -0.0592. The van der Waals surface area contributed by atoms with E-state index in [2.05, 4.69) is 34.1 Å². The molecule has 11 nitrogen and oxygen atoms in total. The number of pyridine rings is 2. The van der Waals surface area contributed by atoms with E-state index in [0.717, 1.165) is 61.5 Å². The Labute approximate surface area is 254 Å². The van der Waals surface area contributed by atoms with Crippen LogP contribution in [0.3, 0.4) is 0 Å². The van der Waals surface area contributed by atoms with Gasteiger partial charge in [-0.05, 0) is 62.7 Å². The smallest absolute Gasteiger partial charge is 0.439 e. The Morgan fingerprint density at radius 3 is 2.64 bits per heavy atom. The highest BCUT2D eigenvalue weighted by atomic mass is 35.5. The van der Waals surface area contributed by atoms with Crippen molar-refractivity contribution in [2.24, 2.45) is 0 Å². The molecule has 44 heavy (non-hydrogen) atoms. The SMILES string of the molecule is O=c1[nH]c(-c2cc3nc(CN4CCC(c5ccc(F)c(OCc6ccc(Cl)cc6F)n5)CC4)n(CC4CCO4)c3cn2)no1. The summed E-state index contributed by atoms with van der Waals surface area (Å²) in [5.41, 5.74) is 3.10. The molecule has 2 aliphatic rings. The van der Waals surface area contributed by atoms with Gasteiger partial charge in [0, 0.05) is 28.8 Å². The summed E-state index contributed by atoms with van der Waals surface area (Å²) in [4.78, 5) is 30.2. The van der Waals surface area contributed by atoms with Crippen molar-refractivity contribution in [3.05, 3.63) is 86.9 Å². The normalized spacial score (nSPS) is 17.7. The van der Waals surface area contributed by atoms with E-state index < -0.39 is 17.4 Å². The van der Waals surface area contributed by atoms with Gasteiger partial charge in [0.25, 0.3) is 5.88 Å². The molecule has 0 radical (unpaired) electrons. The largest absolute Gasteiger partial charge is 0.471 e. The molecule has 4 aromatic heterocycles. The number of aromatic nitrogens is 6. The van der Waals surface area contributed by atoms with E-state index in [1.807, 2.05) is 0 Å². The maximum atomic E-state index is 14.5. The van der Waals surface area contributed by atoms with E-state index >= 15 is 0 Å². The van der Waals surface area contributed by atoms with E-state index in [0.29, 0.717) is 18.8 Å². The zero-order chi connectivity index (χ0) is 30.2. The average molecular weight is 624 g/mol. The Hall–Kier alpha value is -4.20. The van der Waals surface area contributed by atoms with Gasteiger partial charge in [-0.15, -0.1) is 0 Å². The summed E-state index contributed by atoms with van der Waals surface area (Å²) in [6.45, 7) is 3.49. The molecule has 1 atom stereocenters. The lowest BCUT2D eigenvalue weighted by Crippen LogP contribution is -2.35. The number of piperidine rings is 1. The topological polar surface area (TPSA) is 124 Å². The Balaban J connectivity index is 1.04. The number of hydrogen-bond acceptors (Lipinski definition) is 9. The standard InChI is InChI=1S/C30H28ClF2N7O4/c31-19-2-1-18(22(33)11-19)16-43-29-21(32)3-4-23(36-29)17-5-8-39(9-6-17)15-27-35-24-12-25(28-37-30(41)44-38-28)34-13-26(24)40(27)14-20-7-10-42-20/h1-4,11-13,17,20H,5-10,14-16H2,(H,37,38,41). The number of imidazole rings is 1. The molecular formula is C30H28ClF2N7O4. The number of rotatable bonds is 9. The number of ether oxygens (including phenoxy) is 2. The van der Waals surface area contributed by atoms with Crippen molar-refractivity contribution in [1.29, 1.82) is 0 Å². The summed E-state index contributed by atoms with van der Waals surface area (Å²) in [7, 11) is 0. The molecule has 0 aliphatic carbocycles. The van der Waals surface area contributed by atoms with E-state index in [9.17, 15) is 13.6 Å². The molecule has 1 unspecified atom stereocenters. The van der Waals surface area contributed by atoms with E-state index in [1.165, 1.54) is 18.2 Å². The molecule has 2 aliphatic heterocycles. The van der Waals surface area contributed by atoms with Gasteiger partial charge in [0.1, 0.15) is 23.9 Å². The highest BCUT2D eigenvalue weighted by Gasteiger charge is 2.27. The molecule has 2 saturated heterocycles. The van der Waals surface area contributed by atoms with Gasteiger partial charge < -0.3 is 14.0 Å². The zero-order valence-corrected chi connectivity index (χ0v) is 24.3. The molecule has 1 aromatic carbocycles. The second kappa shape index (κ2) is 12.1. The van der Waals surface area contributed by atoms with Crippen LogP contribution in [0.2, 0.25) is 5.02 Å². The summed E-state index contributed by atoms with van der Waals surface area (Å²) in [6, 6.07) is 9.10. The van der Waals surface area contributed by atoms with Crippen LogP contribution >= 0.6 is 11.6 Å². The molecule has 0 spiro atoms. The van der Waals surface area contributed by atoms with Gasteiger partial charge >= 0.3 is 5.76 Å². The fourth-order valence-corrected chi connectivity index (χ4v) is 5.80. The Bertz CT molecular complexity index is 1860. The molecule has 0 amide bonds. The van der Waals surface area contributed by atoms with Gasteiger partial charge in [0.2, 0.25) is 5.82 Å². The molecule has 6 heterocycles. The van der Waals surface area contributed by atoms with E-state index in [-0.39, 0.29) is 40.9 Å². The highest BCUT2D eigenvalue weighted by Crippen LogP contribution is 2.31. The molecule has 1 N–H and O–H groups in total. The predicted octanol–water partition coefficient (Wildman–Crippen LogP) is 4.85. The van der Waals surface area contributed by atoms with Crippen LogP contribution in [0.15, 0.2) is 51.9 Å². The van der Waals surface area contributed by atoms with E-state index in [4.69, 9.17) is 26.1 Å². The van der Waals surface area contributed by atoms with E-state index in [1.54, 1.807) is 24.4 Å². The third kappa shape index (κ3) is 5.94. The number of nitrogens with zero attached hydrogens (tertiary/aromatic N) is 6. The number of hydrogen-bond donors (Lipinski definition) is 1. The molecular weight excluding hydrogens is 596 g/mol. The van der Waals surface area contributed by atoms with Gasteiger partial charge in [-0.3, -0.25) is 19.4 Å². The number of nitrogens with one attached hydrogen (secondary N) is 1. The minimum absolute atomic E-state index is 0.125. The first-order valence-electron chi connectivity index (χ1n) is 14.4. The fraction of sp³-hybridized carbons (Fsp3) is 0.367. The third-order valence-electron chi connectivity index (χ3n) is 8.16. The Morgan fingerprint density at radius 1 is 1.07 bits per heavy atom. The molecule has 0 bridgehead atoms. The predicted molar refractivity (Wildman–Crippen MR) is 155 cm³/mol. The first kappa shape index (κ1) is 28.6. The van der Waals surface area contributed by atoms with Gasteiger partial charge in [0.05, 0.1) is 36.4 Å². The number of fused-ring (bicyclic) bond motifs is 1. The second-order valence-electron chi connectivity index (χ2n) is 11.0. The van der Waals surface area contributed by atoms with Crippen molar-refractivity contribution < 1.29 is 22.8 Å². The maximum absolute atomic E-state index is 14.5. The summed E-state index contributed by atoms with van der Waals surface area (Å²) in [6.07, 6.45) is 4.49. The maximum Gasteiger partial charge on any atom is 0.439 e. The van der Waals surface area contributed by atoms with Crippen molar-refractivity contribution in [2.45, 2.75) is 51.0 Å². The number of likely N-dealkylation sites (tertiary alicyclic amines) is 1. The zero-order valence-electron chi connectivity index (χ0n) is 23.5. The summed E-state index contributed by atoms with van der Waals surface area (Å²) in [5, 5.41) is 4.02.